The number of nitrogens with zero attached hydrogens (tertiary/aromatic N) is 1. The Morgan fingerprint density at radius 1 is 1.82 bits per heavy atom. The lowest BCUT2D eigenvalue weighted by Crippen LogP contribution is -1.96. The maximum atomic E-state index is 9.26. The summed E-state index contributed by atoms with van der Waals surface area (Å²) in [6.45, 7) is 3.36. The second kappa shape index (κ2) is 3.04. The number of aliphatic hydroxyl groups excluding tert-OH is 1. The minimum absolute atomic E-state index is 0.0833. The highest BCUT2D eigenvalue weighted by atomic mass is 16.4. The molecule has 0 aliphatic rings. The molecule has 1 rings (SSSR count). The molecule has 1 atom stereocenters. The van der Waals surface area contributed by atoms with E-state index in [1.165, 1.54) is 6.26 Å². The maximum Gasteiger partial charge on any atom is 0.146 e. The van der Waals surface area contributed by atoms with E-state index in [2.05, 4.69) is 6.58 Å². The number of nitriles is 1. The quantitative estimate of drug-likeness (QED) is 0.646. The number of hydrogen-bond donors (Lipinski definition) is 1. The fourth-order valence-corrected chi connectivity index (χ4v) is 0.680. The molecule has 0 amide bonds. The Bertz CT molecular complexity index is 282. The van der Waals surface area contributed by atoms with Gasteiger partial charge in [0.1, 0.15) is 11.9 Å². The SMILES string of the molecule is C=C(C#N)C(O)c1ccco1. The highest BCUT2D eigenvalue weighted by molar-refractivity contribution is 5.26. The van der Waals surface area contributed by atoms with Crippen LogP contribution >= 0.6 is 0 Å². The van der Waals surface area contributed by atoms with Gasteiger partial charge in [0.25, 0.3) is 0 Å². The molecule has 0 bridgehead atoms. The first-order valence-electron chi connectivity index (χ1n) is 3.06. The number of aliphatic hydroxyl groups is 1. The summed E-state index contributed by atoms with van der Waals surface area (Å²) in [5.41, 5.74) is 0.0833. The van der Waals surface area contributed by atoms with Crippen molar-refractivity contribution in [3.05, 3.63) is 36.3 Å². The Kier molecular flexibility index (Phi) is 2.09. The summed E-state index contributed by atoms with van der Waals surface area (Å²) >= 11 is 0. The summed E-state index contributed by atoms with van der Waals surface area (Å²) in [4.78, 5) is 0. The second-order valence-electron chi connectivity index (χ2n) is 2.05. The molecule has 0 aromatic carbocycles. The van der Waals surface area contributed by atoms with E-state index in [1.807, 2.05) is 0 Å². The monoisotopic (exact) mass is 149 g/mol. The van der Waals surface area contributed by atoms with Crippen LogP contribution in [0.5, 0.6) is 0 Å². The van der Waals surface area contributed by atoms with Crippen LogP contribution in [0.2, 0.25) is 0 Å². The lowest BCUT2D eigenvalue weighted by molar-refractivity contribution is 0.190. The third-order valence-corrected chi connectivity index (χ3v) is 1.29. The Hall–Kier alpha value is -1.53. The van der Waals surface area contributed by atoms with Crippen molar-refractivity contribution in [3.63, 3.8) is 0 Å². The van der Waals surface area contributed by atoms with E-state index in [1.54, 1.807) is 18.2 Å². The van der Waals surface area contributed by atoms with Gasteiger partial charge in [-0.15, -0.1) is 0 Å². The van der Waals surface area contributed by atoms with Crippen LogP contribution in [0.4, 0.5) is 0 Å². The zero-order valence-corrected chi connectivity index (χ0v) is 5.82. The van der Waals surface area contributed by atoms with Gasteiger partial charge in [-0.05, 0) is 12.1 Å². The molecule has 1 aromatic heterocycles. The Balaban J connectivity index is 2.80. The molecule has 0 radical (unpaired) electrons. The normalized spacial score (nSPS) is 12.0. The molecular weight excluding hydrogens is 142 g/mol. The number of hydrogen-bond acceptors (Lipinski definition) is 3. The Morgan fingerprint density at radius 3 is 3.00 bits per heavy atom. The first-order valence-corrected chi connectivity index (χ1v) is 3.06. The van der Waals surface area contributed by atoms with Crippen LogP contribution in [0, 0.1) is 11.3 Å². The highest BCUT2D eigenvalue weighted by Crippen LogP contribution is 2.19. The van der Waals surface area contributed by atoms with E-state index in [0.717, 1.165) is 0 Å². The van der Waals surface area contributed by atoms with Crippen molar-refractivity contribution in [2.24, 2.45) is 0 Å². The summed E-state index contributed by atoms with van der Waals surface area (Å²) in [6, 6.07) is 4.98. The van der Waals surface area contributed by atoms with E-state index in [9.17, 15) is 5.11 Å². The Morgan fingerprint density at radius 2 is 2.55 bits per heavy atom. The molecule has 0 saturated heterocycles. The van der Waals surface area contributed by atoms with E-state index in [0.29, 0.717) is 5.76 Å². The maximum absolute atomic E-state index is 9.26. The van der Waals surface area contributed by atoms with E-state index < -0.39 is 6.10 Å². The minimum atomic E-state index is -1.00. The molecule has 0 aliphatic heterocycles. The lowest BCUT2D eigenvalue weighted by atomic mass is 10.1. The van der Waals surface area contributed by atoms with Gasteiger partial charge in [0, 0.05) is 0 Å². The van der Waals surface area contributed by atoms with Gasteiger partial charge >= 0.3 is 0 Å². The molecule has 56 valence electrons. The van der Waals surface area contributed by atoms with E-state index in [4.69, 9.17) is 9.68 Å². The van der Waals surface area contributed by atoms with Gasteiger partial charge in [-0.2, -0.15) is 5.26 Å². The van der Waals surface area contributed by atoms with Crippen LogP contribution in [0.1, 0.15) is 11.9 Å². The summed E-state index contributed by atoms with van der Waals surface area (Å²) in [7, 11) is 0. The predicted octanol–water partition coefficient (Wildman–Crippen LogP) is 1.39. The largest absolute Gasteiger partial charge is 0.466 e. The molecule has 1 N–H and O–H groups in total. The average Bonchev–Trinajstić information content (AvgIpc) is 2.53. The molecule has 1 heterocycles. The van der Waals surface area contributed by atoms with Crippen LogP contribution in [-0.4, -0.2) is 5.11 Å². The Labute approximate surface area is 64.2 Å². The molecule has 1 aromatic rings. The first-order chi connectivity index (χ1) is 5.25. The number of rotatable bonds is 2. The molecule has 11 heavy (non-hydrogen) atoms. The fraction of sp³-hybridized carbons (Fsp3) is 0.125. The molecule has 0 aliphatic carbocycles. The van der Waals surface area contributed by atoms with Crippen LogP contribution in [0.3, 0.4) is 0 Å². The van der Waals surface area contributed by atoms with Gasteiger partial charge in [0.15, 0.2) is 0 Å². The highest BCUT2D eigenvalue weighted by Gasteiger charge is 2.12. The van der Waals surface area contributed by atoms with Crippen molar-refractivity contribution in [1.29, 1.82) is 5.26 Å². The second-order valence-corrected chi connectivity index (χ2v) is 2.05. The van der Waals surface area contributed by atoms with Gasteiger partial charge in [-0.3, -0.25) is 0 Å². The third kappa shape index (κ3) is 1.48. The van der Waals surface area contributed by atoms with Crippen LogP contribution in [-0.2, 0) is 0 Å². The number of furan rings is 1. The fourth-order valence-electron chi connectivity index (χ4n) is 0.680. The summed E-state index contributed by atoms with van der Waals surface area (Å²) < 4.78 is 4.86. The summed E-state index contributed by atoms with van der Waals surface area (Å²) in [5.74, 6) is 0.344. The average molecular weight is 149 g/mol. The van der Waals surface area contributed by atoms with Gasteiger partial charge in [0.2, 0.25) is 0 Å². The predicted molar refractivity (Wildman–Crippen MR) is 38.4 cm³/mol. The van der Waals surface area contributed by atoms with E-state index in [-0.39, 0.29) is 5.57 Å². The molecule has 0 fully saturated rings. The smallest absolute Gasteiger partial charge is 0.146 e. The van der Waals surface area contributed by atoms with Crippen LogP contribution in [0.15, 0.2) is 35.0 Å². The molecule has 0 saturated carbocycles. The molecule has 3 heteroatoms. The molecule has 1 unspecified atom stereocenters. The van der Waals surface area contributed by atoms with E-state index >= 15 is 0 Å². The van der Waals surface area contributed by atoms with Crippen molar-refractivity contribution in [1.82, 2.24) is 0 Å². The standard InChI is InChI=1S/C8H7NO2/c1-6(5-9)8(10)7-3-2-4-11-7/h2-4,8,10H,1H2. The van der Waals surface area contributed by atoms with Crippen molar-refractivity contribution in [3.8, 4) is 6.07 Å². The third-order valence-electron chi connectivity index (χ3n) is 1.29. The molecular formula is C8H7NO2. The minimum Gasteiger partial charge on any atom is -0.466 e. The van der Waals surface area contributed by atoms with Gasteiger partial charge in [-0.1, -0.05) is 6.58 Å². The van der Waals surface area contributed by atoms with Gasteiger partial charge in [-0.25, -0.2) is 0 Å². The van der Waals surface area contributed by atoms with Crippen LogP contribution < -0.4 is 0 Å². The summed E-state index contributed by atoms with van der Waals surface area (Å²) in [6.07, 6.45) is 0.429. The summed E-state index contributed by atoms with van der Waals surface area (Å²) in [5, 5.41) is 17.6. The van der Waals surface area contributed by atoms with Gasteiger partial charge < -0.3 is 9.52 Å². The van der Waals surface area contributed by atoms with Crippen molar-refractivity contribution >= 4 is 0 Å². The van der Waals surface area contributed by atoms with Crippen molar-refractivity contribution in [2.75, 3.05) is 0 Å². The zero-order chi connectivity index (χ0) is 8.27. The van der Waals surface area contributed by atoms with Gasteiger partial charge in [0.05, 0.1) is 17.9 Å². The zero-order valence-electron chi connectivity index (χ0n) is 5.82. The topological polar surface area (TPSA) is 57.2 Å². The van der Waals surface area contributed by atoms with Crippen molar-refractivity contribution < 1.29 is 9.52 Å². The molecule has 0 spiro atoms. The first kappa shape index (κ1) is 7.58. The lowest BCUT2D eigenvalue weighted by Gasteiger charge is -2.02. The molecule has 3 nitrogen and oxygen atoms in total. The van der Waals surface area contributed by atoms with Crippen LogP contribution in [0.25, 0.3) is 0 Å². The van der Waals surface area contributed by atoms with Crippen molar-refractivity contribution in [2.45, 2.75) is 6.10 Å².